The van der Waals surface area contributed by atoms with Crippen molar-refractivity contribution in [2.75, 3.05) is 12.8 Å². The normalized spacial score (nSPS) is 20.7. The summed E-state index contributed by atoms with van der Waals surface area (Å²) in [5, 5.41) is 19.8. The van der Waals surface area contributed by atoms with Crippen LogP contribution in [0.15, 0.2) is 62.7 Å². The van der Waals surface area contributed by atoms with Crippen LogP contribution in [0.3, 0.4) is 0 Å². The third-order valence-corrected chi connectivity index (χ3v) is 8.00. The van der Waals surface area contributed by atoms with Gasteiger partial charge in [-0.2, -0.15) is 4.57 Å². The Hall–Kier alpha value is -3.36. The van der Waals surface area contributed by atoms with E-state index in [4.69, 9.17) is 10.6 Å². The molecule has 1 fully saturated rings. The van der Waals surface area contributed by atoms with E-state index >= 15 is 0 Å². The second kappa shape index (κ2) is 10.5. The van der Waals surface area contributed by atoms with E-state index in [9.17, 15) is 19.5 Å². The van der Waals surface area contributed by atoms with Gasteiger partial charge in [0.25, 0.3) is 5.91 Å². The van der Waals surface area contributed by atoms with Crippen molar-refractivity contribution in [3.63, 3.8) is 0 Å². The Morgan fingerprint density at radius 2 is 2.26 bits per heavy atom. The summed E-state index contributed by atoms with van der Waals surface area (Å²) >= 11 is 3.79. The summed E-state index contributed by atoms with van der Waals surface area (Å²) in [5.41, 5.74) is 6.30. The van der Waals surface area contributed by atoms with E-state index < -0.39 is 22.6 Å². The standard InChI is InChI=1S/C21H20N6O5S3/c1-26-7-4-3-5-14(26)33-8-6-12-16(20(30)31)27-18(29)15(25-32-2)19(27)35-17(12)24-13(28)9-11-10-34-21(22)23-11/h3-8,10,17,19H,9H2,1-2H3,(H3-,22,23,24,28,30,31)/p+1/t17?,19-/m1/s1. The lowest BCUT2D eigenvalue weighted by Gasteiger charge is -2.46. The number of pyridine rings is 1. The number of nitrogens with zero attached hydrogens (tertiary/aromatic N) is 4. The lowest BCUT2D eigenvalue weighted by molar-refractivity contribution is -0.708. The molecule has 2 aliphatic rings. The summed E-state index contributed by atoms with van der Waals surface area (Å²) in [4.78, 5) is 47.7. The Balaban J connectivity index is 1.66. The molecule has 0 saturated carbocycles. The van der Waals surface area contributed by atoms with E-state index in [2.05, 4.69) is 15.5 Å². The largest absolute Gasteiger partial charge is 0.477 e. The lowest BCUT2D eigenvalue weighted by atomic mass is 10.0. The highest BCUT2D eigenvalue weighted by Gasteiger charge is 2.54. The third kappa shape index (κ3) is 5.18. The van der Waals surface area contributed by atoms with E-state index in [1.807, 2.05) is 36.0 Å². The van der Waals surface area contributed by atoms with Crippen LogP contribution in [-0.4, -0.2) is 56.3 Å². The Bertz CT molecular complexity index is 1270. The number of nitrogens with one attached hydrogen (secondary N) is 1. The van der Waals surface area contributed by atoms with Gasteiger partial charge >= 0.3 is 5.97 Å². The van der Waals surface area contributed by atoms with Gasteiger partial charge in [-0.15, -0.1) is 23.1 Å². The summed E-state index contributed by atoms with van der Waals surface area (Å²) in [6, 6.07) is 5.70. The average Bonchev–Trinajstić information content (AvgIpc) is 3.22. The summed E-state index contributed by atoms with van der Waals surface area (Å²) in [6.45, 7) is 0. The SMILES string of the molecule is CON=C1C(=O)N2C(C(=O)O)=C(C=CSc3cccc[n+]3C)C(NC(=O)Cc3csc(N)n3)S[C@H]12. The number of amides is 2. The number of hydrogen-bond acceptors (Lipinski definition) is 10. The summed E-state index contributed by atoms with van der Waals surface area (Å²) < 4.78 is 1.92. The number of fused-ring (bicyclic) bond motifs is 1. The fraction of sp³-hybridized carbons (Fsp3) is 0.238. The number of thioether (sulfide) groups is 2. The van der Waals surface area contributed by atoms with Crippen LogP contribution in [0.25, 0.3) is 0 Å². The molecule has 0 aromatic carbocycles. The first-order valence-electron chi connectivity index (χ1n) is 10.1. The van der Waals surface area contributed by atoms with Gasteiger partial charge in [0.1, 0.15) is 30.6 Å². The zero-order valence-corrected chi connectivity index (χ0v) is 21.0. The van der Waals surface area contributed by atoms with Gasteiger partial charge in [0.15, 0.2) is 17.0 Å². The van der Waals surface area contributed by atoms with E-state index in [0.717, 1.165) is 9.93 Å². The molecular formula is C21H21N6O5S3+. The minimum Gasteiger partial charge on any atom is -0.477 e. The Labute approximate surface area is 212 Å². The third-order valence-electron chi connectivity index (χ3n) is 5.01. The molecule has 14 heteroatoms. The van der Waals surface area contributed by atoms with Gasteiger partial charge in [0, 0.05) is 23.1 Å². The van der Waals surface area contributed by atoms with Gasteiger partial charge in [-0.1, -0.05) is 5.16 Å². The molecule has 4 rings (SSSR count). The van der Waals surface area contributed by atoms with Crippen molar-refractivity contribution in [2.24, 2.45) is 12.2 Å². The number of carboxylic acids is 1. The van der Waals surface area contributed by atoms with E-state index in [0.29, 0.717) is 10.8 Å². The second-order valence-corrected chi connectivity index (χ2v) is 10.3. The average molecular weight is 534 g/mol. The number of carbonyl (C=O) groups is 3. The highest BCUT2D eigenvalue weighted by Crippen LogP contribution is 2.42. The van der Waals surface area contributed by atoms with Gasteiger partial charge in [-0.05, 0) is 29.3 Å². The Morgan fingerprint density at radius 1 is 1.46 bits per heavy atom. The van der Waals surface area contributed by atoms with Crippen molar-refractivity contribution in [1.29, 1.82) is 0 Å². The number of carboxylic acid groups (broad SMARTS) is 1. The first-order chi connectivity index (χ1) is 16.8. The maximum Gasteiger partial charge on any atom is 0.353 e. The van der Waals surface area contributed by atoms with Crippen molar-refractivity contribution < 1.29 is 28.9 Å². The molecule has 2 aromatic rings. The molecule has 0 aliphatic carbocycles. The number of oxime groups is 1. The number of nitrogen functional groups attached to an aromatic ring is 1. The summed E-state index contributed by atoms with van der Waals surface area (Å²) in [7, 11) is 3.20. The second-order valence-electron chi connectivity index (χ2n) is 7.30. The fourth-order valence-electron chi connectivity index (χ4n) is 3.46. The first kappa shape index (κ1) is 24.8. The molecule has 2 aromatic heterocycles. The maximum absolute atomic E-state index is 12.8. The summed E-state index contributed by atoms with van der Waals surface area (Å²) in [5.74, 6) is -2.21. The predicted molar refractivity (Wildman–Crippen MR) is 132 cm³/mol. The number of rotatable bonds is 8. The van der Waals surface area contributed by atoms with Crippen LogP contribution >= 0.6 is 34.9 Å². The number of aliphatic carboxylic acids is 1. The number of β-lactam (4-membered cyclic amide) rings is 1. The van der Waals surface area contributed by atoms with Crippen molar-refractivity contribution in [2.45, 2.75) is 22.2 Å². The molecule has 11 nitrogen and oxygen atoms in total. The van der Waals surface area contributed by atoms with Gasteiger partial charge in [-0.3, -0.25) is 14.5 Å². The molecule has 35 heavy (non-hydrogen) atoms. The molecule has 2 amide bonds. The quantitative estimate of drug-likeness (QED) is 0.196. The van der Waals surface area contributed by atoms with Crippen molar-refractivity contribution >= 4 is 63.5 Å². The molecule has 4 N–H and O–H groups in total. The van der Waals surface area contributed by atoms with Gasteiger partial charge < -0.3 is 21.0 Å². The summed E-state index contributed by atoms with van der Waals surface area (Å²) in [6.07, 6.45) is 3.47. The first-order valence-corrected chi connectivity index (χ1v) is 12.8. The number of aryl methyl sites for hydroxylation is 1. The van der Waals surface area contributed by atoms with Crippen molar-refractivity contribution in [1.82, 2.24) is 15.2 Å². The van der Waals surface area contributed by atoms with Crippen LogP contribution in [0.5, 0.6) is 0 Å². The highest BCUT2D eigenvalue weighted by molar-refractivity contribution is 8.02. The monoisotopic (exact) mass is 533 g/mol. The number of hydrogen-bond donors (Lipinski definition) is 3. The predicted octanol–water partition coefficient (Wildman–Crippen LogP) is 1.10. The van der Waals surface area contributed by atoms with Crippen LogP contribution in [-0.2, 0) is 32.7 Å². The lowest BCUT2D eigenvalue weighted by Crippen LogP contribution is -2.64. The molecule has 1 saturated heterocycles. The smallest absolute Gasteiger partial charge is 0.353 e. The number of nitrogens with two attached hydrogens (primary N) is 1. The minimum atomic E-state index is -1.29. The topological polar surface area (TPSA) is 151 Å². The van der Waals surface area contributed by atoms with Crippen LogP contribution in [0.4, 0.5) is 5.13 Å². The van der Waals surface area contributed by atoms with Crippen molar-refractivity contribution in [3.05, 3.63) is 58.2 Å². The zero-order chi connectivity index (χ0) is 25.1. The zero-order valence-electron chi connectivity index (χ0n) is 18.6. The van der Waals surface area contributed by atoms with E-state index in [1.165, 1.54) is 42.0 Å². The van der Waals surface area contributed by atoms with Crippen LogP contribution < -0.4 is 15.6 Å². The van der Waals surface area contributed by atoms with Crippen molar-refractivity contribution in [3.8, 4) is 0 Å². The van der Waals surface area contributed by atoms with Crippen LogP contribution in [0.1, 0.15) is 5.69 Å². The maximum atomic E-state index is 12.8. The Kier molecular flexibility index (Phi) is 7.42. The minimum absolute atomic E-state index is 0.0227. The fourth-order valence-corrected chi connectivity index (χ4v) is 6.15. The van der Waals surface area contributed by atoms with Gasteiger partial charge in [0.2, 0.25) is 10.9 Å². The number of thiazole rings is 1. The molecule has 2 aliphatic heterocycles. The van der Waals surface area contributed by atoms with E-state index in [-0.39, 0.29) is 29.3 Å². The molecule has 0 bridgehead atoms. The van der Waals surface area contributed by atoms with Crippen LogP contribution in [0, 0.1) is 0 Å². The molecule has 0 spiro atoms. The number of aromatic nitrogens is 2. The highest BCUT2D eigenvalue weighted by atomic mass is 32.2. The molecule has 1 unspecified atom stereocenters. The molecular weight excluding hydrogens is 512 g/mol. The number of carbonyl (C=O) groups excluding carboxylic acids is 2. The molecule has 182 valence electrons. The van der Waals surface area contributed by atoms with Crippen LogP contribution in [0.2, 0.25) is 0 Å². The molecule has 0 radical (unpaired) electrons. The Morgan fingerprint density at radius 3 is 2.91 bits per heavy atom. The van der Waals surface area contributed by atoms with Gasteiger partial charge in [0.05, 0.1) is 12.1 Å². The van der Waals surface area contributed by atoms with Gasteiger partial charge in [-0.25, -0.2) is 9.78 Å². The molecule has 4 heterocycles. The van der Waals surface area contributed by atoms with E-state index in [1.54, 1.807) is 16.9 Å². The number of anilines is 1. The molecule has 2 atom stereocenters.